The van der Waals surface area contributed by atoms with Crippen molar-refractivity contribution in [1.82, 2.24) is 10.2 Å². The van der Waals surface area contributed by atoms with E-state index in [1.165, 1.54) is 4.90 Å². The van der Waals surface area contributed by atoms with E-state index >= 15 is 0 Å². The van der Waals surface area contributed by atoms with E-state index in [0.717, 1.165) is 0 Å². The number of rotatable bonds is 7. The summed E-state index contributed by atoms with van der Waals surface area (Å²) in [7, 11) is -4.13. The molecule has 11 heteroatoms. The molecule has 0 fully saturated rings. The lowest BCUT2D eigenvalue weighted by Gasteiger charge is -2.28. The number of hydrogen-bond donors (Lipinski definition) is 5. The third-order valence-electron chi connectivity index (χ3n) is 2.30. The van der Waals surface area contributed by atoms with Gasteiger partial charge in [-0.25, -0.2) is 9.79 Å². The molecule has 0 aromatic heterocycles. The van der Waals surface area contributed by atoms with Crippen molar-refractivity contribution in [2.75, 3.05) is 32.6 Å². The number of urea groups is 1. The zero-order valence-electron chi connectivity index (χ0n) is 10.1. The number of aliphatic hydroxyl groups excluding tert-OH is 1. The number of nitrogens with two attached hydrogens (primary N) is 1. The molecule has 2 amide bonds. The van der Waals surface area contributed by atoms with E-state index in [-0.39, 0.29) is 32.4 Å². The van der Waals surface area contributed by atoms with Crippen molar-refractivity contribution in [3.05, 3.63) is 0 Å². The van der Waals surface area contributed by atoms with Gasteiger partial charge in [-0.3, -0.25) is 9.88 Å². The van der Waals surface area contributed by atoms with E-state index in [9.17, 15) is 9.36 Å². The number of amides is 2. The van der Waals surface area contributed by atoms with E-state index in [1.807, 2.05) is 0 Å². The van der Waals surface area contributed by atoms with Crippen molar-refractivity contribution >= 4 is 19.6 Å². The van der Waals surface area contributed by atoms with Gasteiger partial charge >= 0.3 is 13.6 Å². The summed E-state index contributed by atoms with van der Waals surface area (Å²) >= 11 is 0. The standard InChI is InChI=1S/C8H17N4O6P/c9-7-10-5-12(8(14)11-7)3-6(4-13)18-1-2-19(15,16)17/h6,13H,1-5H2,(H2,15,16,17)(H3,9,10,11,14)/t6-/m1/s1. The van der Waals surface area contributed by atoms with Crippen LogP contribution in [-0.2, 0) is 9.30 Å². The van der Waals surface area contributed by atoms with Gasteiger partial charge in [0.1, 0.15) is 6.67 Å². The summed E-state index contributed by atoms with van der Waals surface area (Å²) in [6, 6.07) is -0.468. The topological polar surface area (TPSA) is 158 Å². The Morgan fingerprint density at radius 1 is 1.58 bits per heavy atom. The molecule has 6 N–H and O–H groups in total. The minimum Gasteiger partial charge on any atom is -0.394 e. The molecule has 0 unspecified atom stereocenters. The van der Waals surface area contributed by atoms with Gasteiger partial charge in [0.05, 0.1) is 32.0 Å². The van der Waals surface area contributed by atoms with Crippen LogP contribution in [0.15, 0.2) is 4.99 Å². The Morgan fingerprint density at radius 3 is 2.79 bits per heavy atom. The number of guanidine groups is 1. The number of aliphatic imine (C=N–C) groups is 1. The Labute approximate surface area is 109 Å². The Balaban J connectivity index is 2.40. The predicted molar refractivity (Wildman–Crippen MR) is 65.5 cm³/mol. The first-order chi connectivity index (χ1) is 8.81. The number of carbonyl (C=O) groups is 1. The van der Waals surface area contributed by atoms with Crippen molar-refractivity contribution in [2.24, 2.45) is 10.7 Å². The monoisotopic (exact) mass is 296 g/mol. The number of ether oxygens (including phenoxy) is 1. The van der Waals surface area contributed by atoms with E-state index < -0.39 is 25.9 Å². The highest BCUT2D eigenvalue weighted by molar-refractivity contribution is 7.51. The Morgan fingerprint density at radius 2 is 2.26 bits per heavy atom. The van der Waals surface area contributed by atoms with Gasteiger partial charge in [-0.2, -0.15) is 0 Å². The SMILES string of the molecule is NC1=NCN(C[C@H](CO)OCCP(=O)(O)O)C(=O)N1. The van der Waals surface area contributed by atoms with E-state index in [1.54, 1.807) is 0 Å². The summed E-state index contributed by atoms with van der Waals surface area (Å²) in [4.78, 5) is 33.9. The van der Waals surface area contributed by atoms with Gasteiger partial charge in [0, 0.05) is 0 Å². The van der Waals surface area contributed by atoms with Crippen LogP contribution in [0, 0.1) is 0 Å². The molecule has 0 spiro atoms. The highest BCUT2D eigenvalue weighted by atomic mass is 31.2. The summed E-state index contributed by atoms with van der Waals surface area (Å²) < 4.78 is 15.7. The molecule has 1 rings (SSSR count). The first kappa shape index (κ1) is 15.9. The van der Waals surface area contributed by atoms with Gasteiger partial charge in [0.15, 0.2) is 5.96 Å². The van der Waals surface area contributed by atoms with Crippen LogP contribution in [0.2, 0.25) is 0 Å². The summed E-state index contributed by atoms with van der Waals surface area (Å²) in [5.74, 6) is 0.0178. The van der Waals surface area contributed by atoms with Crippen LogP contribution in [-0.4, -0.2) is 70.5 Å². The molecule has 0 aromatic rings. The van der Waals surface area contributed by atoms with Gasteiger partial charge < -0.3 is 30.3 Å². The quantitative estimate of drug-likeness (QED) is 0.335. The summed E-state index contributed by atoms with van der Waals surface area (Å²) in [5, 5.41) is 11.4. The largest absolute Gasteiger partial charge is 0.394 e. The predicted octanol–water partition coefficient (Wildman–Crippen LogP) is -2.16. The van der Waals surface area contributed by atoms with Crippen molar-refractivity contribution in [1.29, 1.82) is 0 Å². The first-order valence-electron chi connectivity index (χ1n) is 5.44. The molecule has 0 radical (unpaired) electrons. The Hall–Kier alpha value is -1.19. The minimum absolute atomic E-state index is 0.0178. The van der Waals surface area contributed by atoms with Gasteiger partial charge in [-0.1, -0.05) is 0 Å². The van der Waals surface area contributed by atoms with E-state index in [0.29, 0.717) is 0 Å². The maximum absolute atomic E-state index is 11.5. The molecule has 1 heterocycles. The van der Waals surface area contributed by atoms with Crippen molar-refractivity contribution < 1.29 is 29.0 Å². The van der Waals surface area contributed by atoms with Crippen molar-refractivity contribution in [3.63, 3.8) is 0 Å². The average Bonchev–Trinajstić information content (AvgIpc) is 2.29. The number of aliphatic hydroxyl groups is 1. The summed E-state index contributed by atoms with van der Waals surface area (Å²) in [6.45, 7) is -0.517. The maximum atomic E-state index is 11.5. The lowest BCUT2D eigenvalue weighted by molar-refractivity contribution is 0.00428. The van der Waals surface area contributed by atoms with Gasteiger partial charge in [0.2, 0.25) is 0 Å². The molecule has 19 heavy (non-hydrogen) atoms. The number of hydrogen-bond acceptors (Lipinski definition) is 6. The van der Waals surface area contributed by atoms with E-state index in [2.05, 4.69) is 10.3 Å². The second-order valence-corrected chi connectivity index (χ2v) is 5.68. The fourth-order valence-corrected chi connectivity index (χ4v) is 1.69. The average molecular weight is 296 g/mol. The zero-order valence-corrected chi connectivity index (χ0v) is 11.0. The molecule has 10 nitrogen and oxygen atoms in total. The van der Waals surface area contributed by atoms with Crippen LogP contribution >= 0.6 is 7.60 Å². The molecular formula is C8H17N4O6P. The second-order valence-electron chi connectivity index (χ2n) is 3.90. The Kier molecular flexibility index (Phi) is 5.70. The summed E-state index contributed by atoms with van der Waals surface area (Å²) in [5.41, 5.74) is 5.30. The third-order valence-corrected chi connectivity index (χ3v) is 3.06. The molecular weight excluding hydrogens is 279 g/mol. The number of carbonyl (C=O) groups excluding carboxylic acids is 1. The molecule has 0 aromatic carbocycles. The van der Waals surface area contributed by atoms with Crippen LogP contribution in [0.4, 0.5) is 4.79 Å². The maximum Gasteiger partial charge on any atom is 0.327 e. The van der Waals surface area contributed by atoms with Crippen LogP contribution < -0.4 is 11.1 Å². The smallest absolute Gasteiger partial charge is 0.327 e. The molecule has 110 valence electrons. The van der Waals surface area contributed by atoms with Gasteiger partial charge in [-0.05, 0) is 0 Å². The van der Waals surface area contributed by atoms with Crippen LogP contribution in [0.25, 0.3) is 0 Å². The number of nitrogens with one attached hydrogen (secondary N) is 1. The molecule has 1 atom stereocenters. The third kappa shape index (κ3) is 5.99. The summed E-state index contributed by atoms with van der Waals surface area (Å²) in [6.07, 6.45) is -1.19. The normalized spacial score (nSPS) is 17.9. The highest BCUT2D eigenvalue weighted by Crippen LogP contribution is 2.33. The molecule has 0 aliphatic carbocycles. The zero-order chi connectivity index (χ0) is 14.5. The minimum atomic E-state index is -4.13. The fraction of sp³-hybridized carbons (Fsp3) is 0.750. The van der Waals surface area contributed by atoms with E-state index in [4.69, 9.17) is 25.4 Å². The fourth-order valence-electron chi connectivity index (χ4n) is 1.34. The molecule has 0 bridgehead atoms. The number of nitrogens with zero attached hydrogens (tertiary/aromatic N) is 2. The van der Waals surface area contributed by atoms with Gasteiger partial charge in [0.25, 0.3) is 0 Å². The van der Waals surface area contributed by atoms with Gasteiger partial charge in [-0.15, -0.1) is 0 Å². The second kappa shape index (κ2) is 6.83. The lowest BCUT2D eigenvalue weighted by Crippen LogP contribution is -2.53. The van der Waals surface area contributed by atoms with Crippen LogP contribution in [0.3, 0.4) is 0 Å². The molecule has 0 saturated heterocycles. The molecule has 0 saturated carbocycles. The first-order valence-corrected chi connectivity index (χ1v) is 7.24. The Bertz CT molecular complexity index is 397. The molecule has 1 aliphatic rings. The van der Waals surface area contributed by atoms with Crippen LogP contribution in [0.5, 0.6) is 0 Å². The highest BCUT2D eigenvalue weighted by Gasteiger charge is 2.23. The van der Waals surface area contributed by atoms with Crippen LogP contribution in [0.1, 0.15) is 0 Å². The molecule has 1 aliphatic heterocycles. The van der Waals surface area contributed by atoms with Crippen molar-refractivity contribution in [3.8, 4) is 0 Å². The van der Waals surface area contributed by atoms with Crippen molar-refractivity contribution in [2.45, 2.75) is 6.10 Å². The lowest BCUT2D eigenvalue weighted by atomic mass is 10.3.